The van der Waals surface area contributed by atoms with Crippen LogP contribution in [0.25, 0.3) is 0 Å². The van der Waals surface area contributed by atoms with E-state index in [4.69, 9.17) is 5.73 Å². The molecule has 0 bridgehead atoms. The number of hydrogen-bond donors (Lipinski definition) is 2. The molecule has 0 aliphatic carbocycles. The van der Waals surface area contributed by atoms with Crippen molar-refractivity contribution < 1.29 is 0 Å². The van der Waals surface area contributed by atoms with Crippen LogP contribution in [0.1, 0.15) is 17.0 Å². The van der Waals surface area contributed by atoms with Gasteiger partial charge in [0.25, 0.3) is 0 Å². The monoisotopic (exact) mass is 233 g/mol. The second-order valence-electron chi connectivity index (χ2n) is 4.90. The molecule has 1 aliphatic heterocycles. The zero-order valence-corrected chi connectivity index (χ0v) is 10.7. The molecule has 1 unspecified atom stereocenters. The van der Waals surface area contributed by atoms with Gasteiger partial charge in [0.1, 0.15) is 0 Å². The molecule has 0 aromatic heterocycles. The second kappa shape index (κ2) is 6.15. The number of piperazine rings is 1. The summed E-state index contributed by atoms with van der Waals surface area (Å²) in [6.07, 6.45) is 0. The summed E-state index contributed by atoms with van der Waals surface area (Å²) in [5.74, 6) is 0.466. The number of nitrogens with one attached hydrogen (secondary N) is 1. The Hall–Kier alpha value is -0.900. The fourth-order valence-electron chi connectivity index (χ4n) is 2.45. The summed E-state index contributed by atoms with van der Waals surface area (Å²) < 4.78 is 0. The molecule has 1 heterocycles. The Kier molecular flexibility index (Phi) is 4.54. The maximum absolute atomic E-state index is 5.93. The standard InChI is InChI=1S/C14H23N3/c1-12-3-2-4-13(9-12)14(10-15)11-17-7-5-16-6-8-17/h2-4,9,14,16H,5-8,10-11,15H2,1H3. The zero-order valence-electron chi connectivity index (χ0n) is 10.7. The molecular formula is C14H23N3. The molecule has 1 fully saturated rings. The van der Waals surface area contributed by atoms with Gasteiger partial charge in [-0.25, -0.2) is 0 Å². The highest BCUT2D eigenvalue weighted by Crippen LogP contribution is 2.17. The Morgan fingerprint density at radius 3 is 2.76 bits per heavy atom. The molecule has 1 saturated heterocycles. The van der Waals surface area contributed by atoms with Crippen LogP contribution in [0.4, 0.5) is 0 Å². The number of nitrogens with two attached hydrogens (primary N) is 1. The Morgan fingerprint density at radius 2 is 2.12 bits per heavy atom. The quantitative estimate of drug-likeness (QED) is 0.813. The summed E-state index contributed by atoms with van der Waals surface area (Å²) >= 11 is 0. The smallest absolute Gasteiger partial charge is 0.0108 e. The zero-order chi connectivity index (χ0) is 12.1. The van der Waals surface area contributed by atoms with Gasteiger partial charge in [0.2, 0.25) is 0 Å². The lowest BCUT2D eigenvalue weighted by atomic mass is 9.97. The van der Waals surface area contributed by atoms with Crippen LogP contribution in [0.2, 0.25) is 0 Å². The predicted octanol–water partition coefficient (Wildman–Crippen LogP) is 0.943. The van der Waals surface area contributed by atoms with Crippen LogP contribution in [0, 0.1) is 6.92 Å². The lowest BCUT2D eigenvalue weighted by Crippen LogP contribution is -2.45. The first-order chi connectivity index (χ1) is 8.29. The van der Waals surface area contributed by atoms with E-state index in [9.17, 15) is 0 Å². The van der Waals surface area contributed by atoms with E-state index in [2.05, 4.69) is 41.4 Å². The van der Waals surface area contributed by atoms with E-state index >= 15 is 0 Å². The third-order valence-corrected chi connectivity index (χ3v) is 3.49. The van der Waals surface area contributed by atoms with Gasteiger partial charge in [-0.15, -0.1) is 0 Å². The summed E-state index contributed by atoms with van der Waals surface area (Å²) in [5, 5.41) is 3.38. The summed E-state index contributed by atoms with van der Waals surface area (Å²) in [6, 6.07) is 8.74. The third kappa shape index (κ3) is 3.53. The Labute approximate surface area is 104 Å². The predicted molar refractivity (Wildman–Crippen MR) is 72.3 cm³/mol. The topological polar surface area (TPSA) is 41.3 Å². The lowest BCUT2D eigenvalue weighted by Gasteiger charge is -2.30. The largest absolute Gasteiger partial charge is 0.330 e. The fourth-order valence-corrected chi connectivity index (χ4v) is 2.45. The van der Waals surface area contributed by atoms with Crippen molar-refractivity contribution in [1.29, 1.82) is 0 Å². The van der Waals surface area contributed by atoms with Crippen molar-refractivity contribution in [2.75, 3.05) is 39.3 Å². The summed E-state index contributed by atoms with van der Waals surface area (Å²) in [6.45, 7) is 8.44. The van der Waals surface area contributed by atoms with Crippen molar-refractivity contribution in [3.8, 4) is 0 Å². The van der Waals surface area contributed by atoms with Gasteiger partial charge < -0.3 is 16.0 Å². The SMILES string of the molecule is Cc1cccc(C(CN)CN2CCNCC2)c1. The van der Waals surface area contributed by atoms with E-state index in [1.54, 1.807) is 0 Å². The van der Waals surface area contributed by atoms with Gasteiger partial charge in [-0.05, 0) is 12.5 Å². The summed E-state index contributed by atoms with van der Waals surface area (Å²) in [4.78, 5) is 2.51. The Morgan fingerprint density at radius 1 is 1.35 bits per heavy atom. The molecule has 1 aliphatic rings. The van der Waals surface area contributed by atoms with E-state index in [1.165, 1.54) is 11.1 Å². The molecule has 3 nitrogen and oxygen atoms in total. The number of benzene rings is 1. The Bertz CT molecular complexity index is 345. The number of hydrogen-bond acceptors (Lipinski definition) is 3. The molecule has 1 aromatic rings. The highest BCUT2D eigenvalue weighted by atomic mass is 15.2. The van der Waals surface area contributed by atoms with Crippen LogP contribution >= 0.6 is 0 Å². The minimum atomic E-state index is 0.466. The number of aryl methyl sites for hydroxylation is 1. The number of rotatable bonds is 4. The van der Waals surface area contributed by atoms with Crippen molar-refractivity contribution in [2.24, 2.45) is 5.73 Å². The molecule has 1 aromatic carbocycles. The fraction of sp³-hybridized carbons (Fsp3) is 0.571. The van der Waals surface area contributed by atoms with Crippen molar-refractivity contribution in [3.63, 3.8) is 0 Å². The van der Waals surface area contributed by atoms with Crippen molar-refractivity contribution >= 4 is 0 Å². The third-order valence-electron chi connectivity index (χ3n) is 3.49. The molecule has 17 heavy (non-hydrogen) atoms. The van der Waals surface area contributed by atoms with E-state index in [0.29, 0.717) is 5.92 Å². The van der Waals surface area contributed by atoms with E-state index < -0.39 is 0 Å². The average molecular weight is 233 g/mol. The van der Waals surface area contributed by atoms with Crippen molar-refractivity contribution in [2.45, 2.75) is 12.8 Å². The number of nitrogens with zero attached hydrogens (tertiary/aromatic N) is 1. The second-order valence-corrected chi connectivity index (χ2v) is 4.90. The first kappa shape index (κ1) is 12.6. The summed E-state index contributed by atoms with van der Waals surface area (Å²) in [7, 11) is 0. The first-order valence-electron chi connectivity index (χ1n) is 6.49. The lowest BCUT2D eigenvalue weighted by molar-refractivity contribution is 0.228. The molecule has 0 amide bonds. The van der Waals surface area contributed by atoms with Gasteiger partial charge in [0, 0.05) is 45.2 Å². The van der Waals surface area contributed by atoms with Crippen LogP contribution in [0.15, 0.2) is 24.3 Å². The molecule has 0 saturated carbocycles. The van der Waals surface area contributed by atoms with E-state index in [-0.39, 0.29) is 0 Å². The highest BCUT2D eigenvalue weighted by molar-refractivity contribution is 5.26. The minimum absolute atomic E-state index is 0.466. The maximum atomic E-state index is 5.93. The molecule has 94 valence electrons. The van der Waals surface area contributed by atoms with Crippen molar-refractivity contribution in [1.82, 2.24) is 10.2 Å². The van der Waals surface area contributed by atoms with Crippen LogP contribution in [-0.4, -0.2) is 44.2 Å². The van der Waals surface area contributed by atoms with Crippen molar-refractivity contribution in [3.05, 3.63) is 35.4 Å². The molecule has 0 radical (unpaired) electrons. The first-order valence-corrected chi connectivity index (χ1v) is 6.49. The minimum Gasteiger partial charge on any atom is -0.330 e. The Balaban J connectivity index is 2.00. The van der Waals surface area contributed by atoms with Gasteiger partial charge in [0.15, 0.2) is 0 Å². The van der Waals surface area contributed by atoms with Gasteiger partial charge in [-0.3, -0.25) is 0 Å². The average Bonchev–Trinajstić information content (AvgIpc) is 2.37. The molecule has 3 N–H and O–H groups in total. The molecule has 2 rings (SSSR count). The van der Waals surface area contributed by atoms with Gasteiger partial charge >= 0.3 is 0 Å². The van der Waals surface area contributed by atoms with Crippen LogP contribution < -0.4 is 11.1 Å². The highest BCUT2D eigenvalue weighted by Gasteiger charge is 2.16. The van der Waals surface area contributed by atoms with Crippen LogP contribution in [-0.2, 0) is 0 Å². The van der Waals surface area contributed by atoms with Crippen LogP contribution in [0.3, 0.4) is 0 Å². The molecule has 3 heteroatoms. The van der Waals surface area contributed by atoms with Gasteiger partial charge in [-0.2, -0.15) is 0 Å². The van der Waals surface area contributed by atoms with E-state index in [0.717, 1.165) is 39.3 Å². The molecular weight excluding hydrogens is 210 g/mol. The van der Waals surface area contributed by atoms with Gasteiger partial charge in [-0.1, -0.05) is 29.8 Å². The molecule has 0 spiro atoms. The van der Waals surface area contributed by atoms with Gasteiger partial charge in [0.05, 0.1) is 0 Å². The molecule has 1 atom stereocenters. The maximum Gasteiger partial charge on any atom is 0.0108 e. The van der Waals surface area contributed by atoms with Crippen LogP contribution in [0.5, 0.6) is 0 Å². The van der Waals surface area contributed by atoms with E-state index in [1.807, 2.05) is 0 Å². The summed E-state index contributed by atoms with van der Waals surface area (Å²) in [5.41, 5.74) is 8.63. The normalized spacial score (nSPS) is 19.2.